The summed E-state index contributed by atoms with van der Waals surface area (Å²) in [5, 5.41) is 3.20. The monoisotopic (exact) mass is 353 g/mol. The summed E-state index contributed by atoms with van der Waals surface area (Å²) >= 11 is 0. The van der Waals surface area contributed by atoms with E-state index in [1.807, 2.05) is 51.1 Å². The minimum Gasteiger partial charge on any atom is -0.481 e. The van der Waals surface area contributed by atoms with Crippen molar-refractivity contribution in [2.75, 3.05) is 0 Å². The Morgan fingerprint density at radius 3 is 2.19 bits per heavy atom. The van der Waals surface area contributed by atoms with Crippen molar-refractivity contribution in [2.24, 2.45) is 5.92 Å². The molecule has 0 saturated carbocycles. The molecule has 0 aliphatic heterocycles. The predicted octanol–water partition coefficient (Wildman–Crippen LogP) is 5.36. The third kappa shape index (κ3) is 5.91. The Hall–Kier alpha value is -2.29. The fourth-order valence-electron chi connectivity index (χ4n) is 3.19. The van der Waals surface area contributed by atoms with Crippen LogP contribution in [-0.2, 0) is 4.79 Å². The van der Waals surface area contributed by atoms with Crippen LogP contribution < -0.4 is 10.1 Å². The number of rotatable bonds is 8. The summed E-state index contributed by atoms with van der Waals surface area (Å²) in [5.41, 5.74) is 3.41. The summed E-state index contributed by atoms with van der Waals surface area (Å²) in [6, 6.07) is 16.2. The fraction of sp³-hybridized carbons (Fsp3) is 0.435. The van der Waals surface area contributed by atoms with Gasteiger partial charge in [0.2, 0.25) is 0 Å². The van der Waals surface area contributed by atoms with Crippen molar-refractivity contribution in [2.45, 2.75) is 59.6 Å². The molecule has 0 heterocycles. The molecule has 0 aromatic heterocycles. The molecule has 2 rings (SSSR count). The van der Waals surface area contributed by atoms with Gasteiger partial charge in [-0.2, -0.15) is 0 Å². The molecule has 26 heavy (non-hydrogen) atoms. The van der Waals surface area contributed by atoms with Gasteiger partial charge in [-0.25, -0.2) is 0 Å². The molecule has 3 heteroatoms. The van der Waals surface area contributed by atoms with Gasteiger partial charge < -0.3 is 10.1 Å². The summed E-state index contributed by atoms with van der Waals surface area (Å²) in [6.45, 7) is 10.4. The summed E-state index contributed by atoms with van der Waals surface area (Å²) < 4.78 is 6.02. The fourth-order valence-corrected chi connectivity index (χ4v) is 3.19. The van der Waals surface area contributed by atoms with E-state index < -0.39 is 6.10 Å². The molecule has 1 amide bonds. The van der Waals surface area contributed by atoms with Crippen molar-refractivity contribution in [3.63, 3.8) is 0 Å². The number of ether oxygens (including phenoxy) is 1. The molecule has 0 saturated heterocycles. The number of carbonyl (C=O) groups is 1. The molecule has 0 aliphatic rings. The van der Waals surface area contributed by atoms with Gasteiger partial charge in [-0.1, -0.05) is 57.2 Å². The highest BCUT2D eigenvalue weighted by Gasteiger charge is 2.23. The number of hydrogen-bond acceptors (Lipinski definition) is 2. The first-order valence-electron chi connectivity index (χ1n) is 9.49. The van der Waals surface area contributed by atoms with Crippen LogP contribution in [0.4, 0.5) is 0 Å². The molecule has 0 bridgehead atoms. The van der Waals surface area contributed by atoms with Crippen LogP contribution >= 0.6 is 0 Å². The smallest absolute Gasteiger partial charge is 0.261 e. The van der Waals surface area contributed by atoms with Gasteiger partial charge in [0.15, 0.2) is 6.10 Å². The molecule has 2 atom stereocenters. The maximum atomic E-state index is 12.9. The van der Waals surface area contributed by atoms with Crippen LogP contribution in [0.15, 0.2) is 48.5 Å². The predicted molar refractivity (Wildman–Crippen MR) is 107 cm³/mol. The van der Waals surface area contributed by atoms with Crippen LogP contribution in [0.1, 0.15) is 56.3 Å². The molecule has 0 unspecified atom stereocenters. The summed E-state index contributed by atoms with van der Waals surface area (Å²) in [7, 11) is 0. The van der Waals surface area contributed by atoms with Crippen molar-refractivity contribution in [1.29, 1.82) is 0 Å². The first-order chi connectivity index (χ1) is 12.4. The highest BCUT2D eigenvalue weighted by atomic mass is 16.5. The molecular weight excluding hydrogens is 322 g/mol. The third-order valence-corrected chi connectivity index (χ3v) is 4.36. The molecule has 0 fully saturated rings. The van der Waals surface area contributed by atoms with E-state index in [2.05, 4.69) is 37.4 Å². The van der Waals surface area contributed by atoms with Crippen molar-refractivity contribution < 1.29 is 9.53 Å². The van der Waals surface area contributed by atoms with Gasteiger partial charge >= 0.3 is 0 Å². The Labute approximate surface area is 157 Å². The normalized spacial score (nSPS) is 13.3. The lowest BCUT2D eigenvalue weighted by molar-refractivity contribution is -0.129. The average Bonchev–Trinajstić information content (AvgIpc) is 2.58. The Bertz CT molecular complexity index is 689. The summed E-state index contributed by atoms with van der Waals surface area (Å²) in [6.07, 6.45) is 1.03. The van der Waals surface area contributed by atoms with E-state index in [-0.39, 0.29) is 11.9 Å². The van der Waals surface area contributed by atoms with E-state index in [1.165, 1.54) is 0 Å². The lowest BCUT2D eigenvalue weighted by Gasteiger charge is -2.24. The van der Waals surface area contributed by atoms with Crippen LogP contribution in [0.25, 0.3) is 0 Å². The van der Waals surface area contributed by atoms with Crippen molar-refractivity contribution in [3.05, 3.63) is 65.2 Å². The van der Waals surface area contributed by atoms with E-state index in [0.29, 0.717) is 12.3 Å². The first-order valence-corrected chi connectivity index (χ1v) is 9.49. The van der Waals surface area contributed by atoms with E-state index in [1.54, 1.807) is 0 Å². The Morgan fingerprint density at radius 2 is 1.65 bits per heavy atom. The van der Waals surface area contributed by atoms with Gasteiger partial charge in [0.25, 0.3) is 5.91 Å². The number of hydrogen-bond donors (Lipinski definition) is 1. The van der Waals surface area contributed by atoms with Gasteiger partial charge in [-0.05, 0) is 61.4 Å². The lowest BCUT2D eigenvalue weighted by atomic mass is 9.96. The molecule has 1 N–H and O–H groups in total. The van der Waals surface area contributed by atoms with E-state index in [4.69, 9.17) is 4.74 Å². The van der Waals surface area contributed by atoms with E-state index >= 15 is 0 Å². The standard InChI is InChI=1S/C23H31NO2/c1-6-22(26-20-14-17(4)13-18(5)15-20)23(25)24-21(12-16(2)3)19-10-8-7-9-11-19/h7-11,13-16,21-22H,6,12H2,1-5H3,(H,24,25)/t21-,22+/m1/s1. The van der Waals surface area contributed by atoms with Crippen LogP contribution in [0.3, 0.4) is 0 Å². The van der Waals surface area contributed by atoms with Crippen LogP contribution in [0.5, 0.6) is 5.75 Å². The summed E-state index contributed by atoms with van der Waals surface area (Å²) in [4.78, 5) is 12.9. The highest BCUT2D eigenvalue weighted by molar-refractivity contribution is 5.81. The van der Waals surface area contributed by atoms with Crippen LogP contribution in [0, 0.1) is 19.8 Å². The molecule has 0 spiro atoms. The Kier molecular flexibility index (Phi) is 7.26. The summed E-state index contributed by atoms with van der Waals surface area (Å²) in [5.74, 6) is 1.19. The number of nitrogens with one attached hydrogen (secondary N) is 1. The molecule has 2 aromatic rings. The average molecular weight is 354 g/mol. The zero-order valence-electron chi connectivity index (χ0n) is 16.6. The lowest BCUT2D eigenvalue weighted by Crippen LogP contribution is -2.40. The quantitative estimate of drug-likeness (QED) is 0.693. The second-order valence-electron chi connectivity index (χ2n) is 7.44. The first kappa shape index (κ1) is 20.0. The number of amides is 1. The SMILES string of the molecule is CC[C@H](Oc1cc(C)cc(C)c1)C(=O)N[C@H](CC(C)C)c1ccccc1. The largest absolute Gasteiger partial charge is 0.481 e. The molecule has 140 valence electrons. The Morgan fingerprint density at radius 1 is 1.04 bits per heavy atom. The maximum absolute atomic E-state index is 12.9. The minimum absolute atomic E-state index is 0.000551. The van der Waals surface area contributed by atoms with Gasteiger partial charge in [0.1, 0.15) is 5.75 Å². The zero-order valence-corrected chi connectivity index (χ0v) is 16.6. The molecule has 0 radical (unpaired) electrons. The van der Waals surface area contributed by atoms with Crippen LogP contribution in [-0.4, -0.2) is 12.0 Å². The highest BCUT2D eigenvalue weighted by Crippen LogP contribution is 2.23. The van der Waals surface area contributed by atoms with E-state index in [9.17, 15) is 4.79 Å². The van der Waals surface area contributed by atoms with Gasteiger partial charge in [-0.15, -0.1) is 0 Å². The topological polar surface area (TPSA) is 38.3 Å². The molecule has 3 nitrogen and oxygen atoms in total. The van der Waals surface area contributed by atoms with Crippen molar-refractivity contribution in [1.82, 2.24) is 5.32 Å². The number of aryl methyl sites for hydroxylation is 2. The maximum Gasteiger partial charge on any atom is 0.261 e. The van der Waals surface area contributed by atoms with Crippen LogP contribution in [0.2, 0.25) is 0 Å². The number of benzene rings is 2. The Balaban J connectivity index is 2.12. The van der Waals surface area contributed by atoms with E-state index in [0.717, 1.165) is 28.9 Å². The van der Waals surface area contributed by atoms with Crippen molar-refractivity contribution in [3.8, 4) is 5.75 Å². The molecule has 2 aromatic carbocycles. The molecule has 0 aliphatic carbocycles. The van der Waals surface area contributed by atoms with Gasteiger partial charge in [0, 0.05) is 0 Å². The van der Waals surface area contributed by atoms with Crippen molar-refractivity contribution >= 4 is 5.91 Å². The molecular formula is C23H31NO2. The second-order valence-corrected chi connectivity index (χ2v) is 7.44. The third-order valence-electron chi connectivity index (χ3n) is 4.36. The van der Waals surface area contributed by atoms with Gasteiger partial charge in [0.05, 0.1) is 6.04 Å². The minimum atomic E-state index is -0.491. The second kappa shape index (κ2) is 9.42. The zero-order chi connectivity index (χ0) is 19.1. The van der Waals surface area contributed by atoms with Gasteiger partial charge in [-0.3, -0.25) is 4.79 Å². The number of carbonyl (C=O) groups excluding carboxylic acids is 1.